The van der Waals surface area contributed by atoms with Crippen LogP contribution in [-0.2, 0) is 4.79 Å². The first kappa shape index (κ1) is 11.2. The first-order valence-corrected chi connectivity index (χ1v) is 4.57. The maximum Gasteiger partial charge on any atom is 0.228 e. The molecule has 0 aliphatic carbocycles. The second-order valence-electron chi connectivity index (χ2n) is 3.26. The zero-order chi connectivity index (χ0) is 11.3. The Morgan fingerprint density at radius 2 is 2.40 bits per heavy atom. The van der Waals surface area contributed by atoms with Crippen LogP contribution in [0.4, 0.5) is 10.1 Å². The first-order valence-electron chi connectivity index (χ1n) is 4.57. The van der Waals surface area contributed by atoms with Crippen molar-refractivity contribution in [1.82, 2.24) is 0 Å². The van der Waals surface area contributed by atoms with E-state index in [0.29, 0.717) is 5.69 Å². The van der Waals surface area contributed by atoms with Gasteiger partial charge in [-0.2, -0.15) is 5.26 Å². The number of halogens is 1. The molecule has 0 aliphatic heterocycles. The molecule has 1 aromatic rings. The molecule has 1 unspecified atom stereocenters. The number of hydrogen-bond acceptors (Lipinski definition) is 2. The number of carbonyl (C=O) groups is 1. The fraction of sp³-hybridized carbons (Fsp3) is 0.273. The van der Waals surface area contributed by atoms with E-state index in [1.165, 1.54) is 18.2 Å². The lowest BCUT2D eigenvalue weighted by molar-refractivity contribution is -0.119. The molecular formula is C11H11FN2O. The van der Waals surface area contributed by atoms with Crippen molar-refractivity contribution >= 4 is 11.6 Å². The van der Waals surface area contributed by atoms with Gasteiger partial charge in [-0.3, -0.25) is 4.79 Å². The first-order chi connectivity index (χ1) is 7.13. The lowest BCUT2D eigenvalue weighted by atomic mass is 10.1. The van der Waals surface area contributed by atoms with E-state index in [1.54, 1.807) is 13.0 Å². The lowest BCUT2D eigenvalue weighted by Gasteiger charge is -2.08. The summed E-state index contributed by atoms with van der Waals surface area (Å²) in [6.45, 7) is 1.65. The van der Waals surface area contributed by atoms with Crippen LogP contribution in [0.15, 0.2) is 24.3 Å². The molecule has 15 heavy (non-hydrogen) atoms. The highest BCUT2D eigenvalue weighted by Gasteiger charge is 2.12. The Labute approximate surface area is 87.5 Å². The molecule has 0 aliphatic rings. The fourth-order valence-electron chi connectivity index (χ4n) is 1.06. The third kappa shape index (κ3) is 3.39. The second-order valence-corrected chi connectivity index (χ2v) is 3.26. The lowest BCUT2D eigenvalue weighted by Crippen LogP contribution is -2.19. The smallest absolute Gasteiger partial charge is 0.228 e. The number of amides is 1. The van der Waals surface area contributed by atoms with Gasteiger partial charge in [0, 0.05) is 18.0 Å². The SMILES string of the molecule is CC(CC#N)C(=O)Nc1cccc(F)c1. The van der Waals surface area contributed by atoms with Crippen molar-refractivity contribution in [1.29, 1.82) is 5.26 Å². The minimum absolute atomic E-state index is 0.154. The van der Waals surface area contributed by atoms with Crippen molar-refractivity contribution in [2.75, 3.05) is 5.32 Å². The molecular weight excluding hydrogens is 195 g/mol. The molecule has 1 amide bonds. The molecule has 3 nitrogen and oxygen atoms in total. The summed E-state index contributed by atoms with van der Waals surface area (Å²) in [5.41, 5.74) is 0.407. The number of anilines is 1. The minimum Gasteiger partial charge on any atom is -0.326 e. The predicted molar refractivity (Wildman–Crippen MR) is 54.4 cm³/mol. The van der Waals surface area contributed by atoms with Crippen molar-refractivity contribution < 1.29 is 9.18 Å². The molecule has 1 N–H and O–H groups in total. The van der Waals surface area contributed by atoms with E-state index < -0.39 is 11.7 Å². The van der Waals surface area contributed by atoms with Crippen LogP contribution in [0.1, 0.15) is 13.3 Å². The molecule has 1 atom stereocenters. The van der Waals surface area contributed by atoms with E-state index in [-0.39, 0.29) is 12.3 Å². The number of benzene rings is 1. The highest BCUT2D eigenvalue weighted by Crippen LogP contribution is 2.11. The monoisotopic (exact) mass is 206 g/mol. The Morgan fingerprint density at radius 3 is 3.00 bits per heavy atom. The fourth-order valence-corrected chi connectivity index (χ4v) is 1.06. The van der Waals surface area contributed by atoms with Crippen LogP contribution in [0.3, 0.4) is 0 Å². The summed E-state index contributed by atoms with van der Waals surface area (Å²) >= 11 is 0. The van der Waals surface area contributed by atoms with Crippen LogP contribution in [-0.4, -0.2) is 5.91 Å². The van der Waals surface area contributed by atoms with E-state index in [0.717, 1.165) is 0 Å². The van der Waals surface area contributed by atoms with E-state index in [1.807, 2.05) is 6.07 Å². The average molecular weight is 206 g/mol. The summed E-state index contributed by atoms with van der Waals surface area (Å²) in [6, 6.07) is 7.55. The molecule has 78 valence electrons. The predicted octanol–water partition coefficient (Wildman–Crippen LogP) is 2.31. The Balaban J connectivity index is 2.63. The number of nitrogens with zero attached hydrogens (tertiary/aromatic N) is 1. The zero-order valence-electron chi connectivity index (χ0n) is 8.33. The highest BCUT2D eigenvalue weighted by atomic mass is 19.1. The van der Waals surface area contributed by atoms with Crippen molar-refractivity contribution in [2.45, 2.75) is 13.3 Å². The summed E-state index contributed by atoms with van der Waals surface area (Å²) in [5, 5.41) is 10.9. The van der Waals surface area contributed by atoms with Gasteiger partial charge in [-0.15, -0.1) is 0 Å². The Hall–Kier alpha value is -1.89. The number of nitriles is 1. The van der Waals surface area contributed by atoms with Crippen LogP contribution < -0.4 is 5.32 Å². The van der Waals surface area contributed by atoms with Crippen molar-refractivity contribution in [3.63, 3.8) is 0 Å². The third-order valence-corrected chi connectivity index (χ3v) is 1.94. The summed E-state index contributed by atoms with van der Waals surface area (Å²) in [7, 11) is 0. The van der Waals surface area contributed by atoms with Crippen molar-refractivity contribution in [2.24, 2.45) is 5.92 Å². The van der Waals surface area contributed by atoms with Gasteiger partial charge in [-0.25, -0.2) is 4.39 Å². The summed E-state index contributed by atoms with van der Waals surface area (Å²) in [4.78, 5) is 11.4. The van der Waals surface area contributed by atoms with Gasteiger partial charge < -0.3 is 5.32 Å². The Kier molecular flexibility index (Phi) is 3.81. The third-order valence-electron chi connectivity index (χ3n) is 1.94. The molecule has 0 spiro atoms. The van der Waals surface area contributed by atoms with Crippen LogP contribution in [0, 0.1) is 23.1 Å². The molecule has 0 fully saturated rings. The van der Waals surface area contributed by atoms with Gasteiger partial charge in [0.15, 0.2) is 0 Å². The van der Waals surface area contributed by atoms with Gasteiger partial charge in [-0.1, -0.05) is 13.0 Å². The normalized spacial score (nSPS) is 11.5. The maximum absolute atomic E-state index is 12.8. The number of carbonyl (C=O) groups excluding carboxylic acids is 1. The van der Waals surface area contributed by atoms with E-state index in [4.69, 9.17) is 5.26 Å². The summed E-state index contributed by atoms with van der Waals surface area (Å²) < 4.78 is 12.8. The van der Waals surface area contributed by atoms with Gasteiger partial charge in [0.25, 0.3) is 0 Å². The van der Waals surface area contributed by atoms with E-state index in [9.17, 15) is 9.18 Å². The molecule has 4 heteroatoms. The van der Waals surface area contributed by atoms with Crippen molar-refractivity contribution in [3.05, 3.63) is 30.1 Å². The van der Waals surface area contributed by atoms with E-state index >= 15 is 0 Å². The van der Waals surface area contributed by atoms with Gasteiger partial charge in [0.05, 0.1) is 6.07 Å². The Morgan fingerprint density at radius 1 is 1.67 bits per heavy atom. The Bertz CT molecular complexity index is 398. The number of rotatable bonds is 3. The van der Waals surface area contributed by atoms with Crippen LogP contribution in [0.5, 0.6) is 0 Å². The zero-order valence-corrected chi connectivity index (χ0v) is 8.33. The average Bonchev–Trinajstić information content (AvgIpc) is 2.18. The number of nitrogens with one attached hydrogen (secondary N) is 1. The quantitative estimate of drug-likeness (QED) is 0.825. The molecule has 0 aromatic heterocycles. The highest BCUT2D eigenvalue weighted by molar-refractivity contribution is 5.92. The molecule has 0 bridgehead atoms. The molecule has 0 saturated carbocycles. The molecule has 0 radical (unpaired) electrons. The van der Waals surface area contributed by atoms with Gasteiger partial charge in [0.1, 0.15) is 5.82 Å². The van der Waals surface area contributed by atoms with Gasteiger partial charge in [-0.05, 0) is 18.2 Å². The molecule has 1 rings (SSSR count). The number of hydrogen-bond donors (Lipinski definition) is 1. The van der Waals surface area contributed by atoms with Crippen molar-refractivity contribution in [3.8, 4) is 6.07 Å². The molecule has 0 heterocycles. The maximum atomic E-state index is 12.8. The van der Waals surface area contributed by atoms with Crippen LogP contribution >= 0.6 is 0 Å². The van der Waals surface area contributed by atoms with Gasteiger partial charge in [0.2, 0.25) is 5.91 Å². The van der Waals surface area contributed by atoms with E-state index in [2.05, 4.69) is 5.32 Å². The summed E-state index contributed by atoms with van der Waals surface area (Å²) in [5.74, 6) is -1.07. The standard InChI is InChI=1S/C11H11FN2O/c1-8(5-6-13)11(15)14-10-4-2-3-9(12)7-10/h2-4,7-8H,5H2,1H3,(H,14,15). The van der Waals surface area contributed by atoms with Crippen LogP contribution in [0.2, 0.25) is 0 Å². The molecule has 1 aromatic carbocycles. The van der Waals surface area contributed by atoms with Crippen LogP contribution in [0.25, 0.3) is 0 Å². The largest absolute Gasteiger partial charge is 0.326 e. The topological polar surface area (TPSA) is 52.9 Å². The molecule has 0 saturated heterocycles. The van der Waals surface area contributed by atoms with Gasteiger partial charge >= 0.3 is 0 Å². The minimum atomic E-state index is -0.402. The summed E-state index contributed by atoms with van der Waals surface area (Å²) in [6.07, 6.45) is 0.154. The second kappa shape index (κ2) is 5.11.